The second kappa shape index (κ2) is 6.56. The largest absolute Gasteiger partial charge is 0.376 e. The van der Waals surface area contributed by atoms with Gasteiger partial charge < -0.3 is 16.0 Å². The number of anilines is 2. The molecule has 0 spiro atoms. The molecule has 130 valence electrons. The summed E-state index contributed by atoms with van der Waals surface area (Å²) in [7, 11) is -3.26. The van der Waals surface area contributed by atoms with Crippen molar-refractivity contribution in [3.63, 3.8) is 0 Å². The second-order valence-corrected chi connectivity index (χ2v) is 7.77. The number of benzene rings is 2. The fourth-order valence-electron chi connectivity index (χ4n) is 2.50. The van der Waals surface area contributed by atoms with E-state index in [9.17, 15) is 18.0 Å². The van der Waals surface area contributed by atoms with Crippen molar-refractivity contribution < 1.29 is 18.0 Å². The molecule has 7 nitrogen and oxygen atoms in total. The standard InChI is InChI=1S/C17H17N3O4S/c1-25(23,24)14-6-4-12(5-7-14)20-16(21)10-18-13-3-2-11-9-19-17(22)15(11)8-13/h2-8,18H,9-10H2,1H3,(H,19,22)(H,20,21). The zero-order valence-corrected chi connectivity index (χ0v) is 14.3. The molecule has 0 aliphatic carbocycles. The number of hydrogen-bond acceptors (Lipinski definition) is 5. The summed E-state index contributed by atoms with van der Waals surface area (Å²) in [5, 5.41) is 8.38. The third-order valence-electron chi connectivity index (χ3n) is 3.81. The molecule has 0 unspecified atom stereocenters. The average molecular weight is 359 g/mol. The maximum absolute atomic E-state index is 12.0. The van der Waals surface area contributed by atoms with Crippen LogP contribution in [0, 0.1) is 0 Å². The molecule has 3 rings (SSSR count). The van der Waals surface area contributed by atoms with Crippen molar-refractivity contribution >= 4 is 33.0 Å². The summed E-state index contributed by atoms with van der Waals surface area (Å²) in [6, 6.07) is 11.3. The maximum Gasteiger partial charge on any atom is 0.251 e. The van der Waals surface area contributed by atoms with Crippen molar-refractivity contribution in [2.45, 2.75) is 11.4 Å². The Labute approximate surface area is 145 Å². The topological polar surface area (TPSA) is 104 Å². The summed E-state index contributed by atoms with van der Waals surface area (Å²) in [5.74, 6) is -0.397. The van der Waals surface area contributed by atoms with Gasteiger partial charge in [0.2, 0.25) is 5.91 Å². The molecule has 0 saturated carbocycles. The molecule has 25 heavy (non-hydrogen) atoms. The van der Waals surface area contributed by atoms with Crippen LogP contribution in [-0.4, -0.2) is 33.0 Å². The Kier molecular flexibility index (Phi) is 4.45. The van der Waals surface area contributed by atoms with Crippen LogP contribution >= 0.6 is 0 Å². The quantitative estimate of drug-likeness (QED) is 0.748. The van der Waals surface area contributed by atoms with Crippen LogP contribution < -0.4 is 16.0 Å². The van der Waals surface area contributed by atoms with Gasteiger partial charge in [-0.1, -0.05) is 6.07 Å². The van der Waals surface area contributed by atoms with Crippen molar-refractivity contribution in [2.24, 2.45) is 0 Å². The Morgan fingerprint density at radius 1 is 1.12 bits per heavy atom. The summed E-state index contributed by atoms with van der Waals surface area (Å²) >= 11 is 0. The highest BCUT2D eigenvalue weighted by Gasteiger charge is 2.18. The first-order valence-corrected chi connectivity index (χ1v) is 9.47. The summed E-state index contributed by atoms with van der Waals surface area (Å²) in [4.78, 5) is 23.8. The van der Waals surface area contributed by atoms with E-state index in [0.29, 0.717) is 23.5 Å². The lowest BCUT2D eigenvalue weighted by atomic mass is 10.1. The number of carbonyl (C=O) groups excluding carboxylic acids is 2. The van der Waals surface area contributed by atoms with Gasteiger partial charge in [0.15, 0.2) is 9.84 Å². The SMILES string of the molecule is CS(=O)(=O)c1ccc(NC(=O)CNc2ccc3c(c2)C(=O)NC3)cc1. The Bertz CT molecular complexity index is 937. The molecule has 8 heteroatoms. The number of fused-ring (bicyclic) bond motifs is 1. The predicted molar refractivity (Wildman–Crippen MR) is 94.3 cm³/mol. The Hall–Kier alpha value is -2.87. The zero-order chi connectivity index (χ0) is 18.0. The van der Waals surface area contributed by atoms with E-state index in [1.807, 2.05) is 12.1 Å². The van der Waals surface area contributed by atoms with E-state index in [1.165, 1.54) is 24.3 Å². The minimum atomic E-state index is -3.26. The van der Waals surface area contributed by atoms with Crippen molar-refractivity contribution in [2.75, 3.05) is 23.4 Å². The first-order valence-electron chi connectivity index (χ1n) is 7.58. The Balaban J connectivity index is 1.58. The molecule has 2 aromatic rings. The van der Waals surface area contributed by atoms with Crippen molar-refractivity contribution in [3.05, 3.63) is 53.6 Å². The normalized spacial score (nSPS) is 13.1. The van der Waals surface area contributed by atoms with E-state index in [1.54, 1.807) is 6.07 Å². The van der Waals surface area contributed by atoms with Crippen LogP contribution in [0.5, 0.6) is 0 Å². The number of amides is 2. The van der Waals surface area contributed by atoms with E-state index in [-0.39, 0.29) is 23.3 Å². The molecular weight excluding hydrogens is 342 g/mol. The number of carbonyl (C=O) groups is 2. The highest BCUT2D eigenvalue weighted by Crippen LogP contribution is 2.20. The van der Waals surface area contributed by atoms with Gasteiger partial charge in [-0.25, -0.2) is 8.42 Å². The van der Waals surface area contributed by atoms with Gasteiger partial charge in [0.1, 0.15) is 0 Å². The first-order chi connectivity index (χ1) is 11.8. The first kappa shape index (κ1) is 17.0. The van der Waals surface area contributed by atoms with Gasteiger partial charge in [-0.05, 0) is 42.0 Å². The molecule has 0 saturated heterocycles. The van der Waals surface area contributed by atoms with E-state index in [4.69, 9.17) is 0 Å². The van der Waals surface area contributed by atoms with Crippen LogP contribution in [0.1, 0.15) is 15.9 Å². The molecule has 0 aromatic heterocycles. The molecule has 0 bridgehead atoms. The van der Waals surface area contributed by atoms with Gasteiger partial charge in [0.25, 0.3) is 5.91 Å². The number of sulfone groups is 1. The van der Waals surface area contributed by atoms with Crippen LogP contribution in [0.2, 0.25) is 0 Å². The minimum absolute atomic E-state index is 0.0221. The highest BCUT2D eigenvalue weighted by atomic mass is 32.2. The molecule has 0 atom stereocenters. The molecule has 3 N–H and O–H groups in total. The van der Waals surface area contributed by atoms with Gasteiger partial charge >= 0.3 is 0 Å². The van der Waals surface area contributed by atoms with Gasteiger partial charge in [0.05, 0.1) is 11.4 Å². The molecular formula is C17H17N3O4S. The van der Waals surface area contributed by atoms with E-state index >= 15 is 0 Å². The van der Waals surface area contributed by atoms with Crippen LogP contribution in [-0.2, 0) is 21.2 Å². The smallest absolute Gasteiger partial charge is 0.251 e. The van der Waals surface area contributed by atoms with Crippen LogP contribution in [0.25, 0.3) is 0 Å². The van der Waals surface area contributed by atoms with Crippen molar-refractivity contribution in [1.29, 1.82) is 0 Å². The van der Waals surface area contributed by atoms with E-state index < -0.39 is 9.84 Å². The van der Waals surface area contributed by atoms with Crippen molar-refractivity contribution in [1.82, 2.24) is 5.32 Å². The molecule has 0 radical (unpaired) electrons. The Morgan fingerprint density at radius 3 is 2.48 bits per heavy atom. The van der Waals surface area contributed by atoms with Gasteiger partial charge in [-0.15, -0.1) is 0 Å². The fourth-order valence-corrected chi connectivity index (χ4v) is 3.13. The number of nitrogens with one attached hydrogen (secondary N) is 3. The van der Waals surface area contributed by atoms with E-state index in [0.717, 1.165) is 11.8 Å². The molecule has 0 fully saturated rings. The summed E-state index contributed by atoms with van der Waals surface area (Å²) in [6.07, 6.45) is 1.13. The van der Waals surface area contributed by atoms with E-state index in [2.05, 4.69) is 16.0 Å². The molecule has 2 aromatic carbocycles. The molecule has 2 amide bonds. The predicted octanol–water partition coefficient (Wildman–Crippen LogP) is 1.38. The maximum atomic E-state index is 12.0. The average Bonchev–Trinajstić information content (AvgIpc) is 2.93. The molecule has 1 heterocycles. The summed E-state index contributed by atoms with van der Waals surface area (Å²) in [5.41, 5.74) is 2.73. The lowest BCUT2D eigenvalue weighted by molar-refractivity contribution is -0.114. The fraction of sp³-hybridized carbons (Fsp3) is 0.176. The lowest BCUT2D eigenvalue weighted by Gasteiger charge is -2.09. The van der Waals surface area contributed by atoms with Crippen molar-refractivity contribution in [3.8, 4) is 0 Å². The van der Waals surface area contributed by atoms with Gasteiger partial charge in [0, 0.05) is 29.7 Å². The van der Waals surface area contributed by atoms with Gasteiger partial charge in [-0.2, -0.15) is 0 Å². The van der Waals surface area contributed by atoms with Gasteiger partial charge in [-0.3, -0.25) is 9.59 Å². The number of rotatable bonds is 5. The minimum Gasteiger partial charge on any atom is -0.376 e. The Morgan fingerprint density at radius 2 is 1.80 bits per heavy atom. The summed E-state index contributed by atoms with van der Waals surface area (Å²) < 4.78 is 22.8. The number of hydrogen-bond donors (Lipinski definition) is 3. The third kappa shape index (κ3) is 3.97. The van der Waals surface area contributed by atoms with Crippen LogP contribution in [0.3, 0.4) is 0 Å². The van der Waals surface area contributed by atoms with Crippen LogP contribution in [0.4, 0.5) is 11.4 Å². The molecule has 1 aliphatic heterocycles. The van der Waals surface area contributed by atoms with Crippen LogP contribution in [0.15, 0.2) is 47.4 Å². The lowest BCUT2D eigenvalue weighted by Crippen LogP contribution is -2.21. The zero-order valence-electron chi connectivity index (χ0n) is 13.5. The third-order valence-corrected chi connectivity index (χ3v) is 4.94. The summed E-state index contributed by atoms with van der Waals surface area (Å²) in [6.45, 7) is 0.548. The highest BCUT2D eigenvalue weighted by molar-refractivity contribution is 7.90. The monoisotopic (exact) mass is 359 g/mol. The second-order valence-electron chi connectivity index (χ2n) is 5.75. The molecule has 1 aliphatic rings.